The quantitative estimate of drug-likeness (QED) is 0.718. The molecule has 0 aliphatic heterocycles. The Hall–Kier alpha value is -2.22. The van der Waals surface area contributed by atoms with E-state index in [1.807, 2.05) is 19.1 Å². The third kappa shape index (κ3) is 6.66. The van der Waals surface area contributed by atoms with Gasteiger partial charge in [0.05, 0.1) is 0 Å². The van der Waals surface area contributed by atoms with Gasteiger partial charge in [-0.25, -0.2) is 4.79 Å². The van der Waals surface area contributed by atoms with E-state index in [2.05, 4.69) is 31.3 Å². The van der Waals surface area contributed by atoms with Gasteiger partial charge in [0.25, 0.3) is 0 Å². The number of hydrogen-bond acceptors (Lipinski definition) is 2. The molecule has 2 aromatic carbocycles. The molecule has 0 radical (unpaired) electrons. The maximum absolute atomic E-state index is 12.2. The summed E-state index contributed by atoms with van der Waals surface area (Å²) < 4.78 is 42.0. The first-order valence-electron chi connectivity index (χ1n) is 7.32. The average Bonchev–Trinajstić information content (AvgIpc) is 2.54. The Balaban J connectivity index is 1.90. The Morgan fingerprint density at radius 3 is 2.68 bits per heavy atom. The van der Waals surface area contributed by atoms with Gasteiger partial charge in [-0.2, -0.15) is 13.2 Å². The number of alkyl halides is 3. The van der Waals surface area contributed by atoms with Crippen molar-refractivity contribution in [1.29, 1.82) is 0 Å². The van der Waals surface area contributed by atoms with Crippen LogP contribution in [0, 0.1) is 6.92 Å². The molecular weight excluding hydrogens is 401 g/mol. The minimum Gasteiger partial charge on any atom is -0.484 e. The largest absolute Gasteiger partial charge is 0.484 e. The lowest BCUT2D eigenvalue weighted by Crippen LogP contribution is -2.28. The summed E-state index contributed by atoms with van der Waals surface area (Å²) in [5.41, 5.74) is 2.19. The minimum absolute atomic E-state index is 0.0971. The molecule has 0 fully saturated rings. The number of carbonyl (C=O) groups excluding carboxylic acids is 1. The molecule has 0 saturated heterocycles. The molecule has 2 N–H and O–H groups in total. The molecular formula is C17H16BrF3N2O2. The Labute approximate surface area is 151 Å². The van der Waals surface area contributed by atoms with Gasteiger partial charge < -0.3 is 15.4 Å². The molecule has 4 nitrogen and oxygen atoms in total. The molecule has 0 unspecified atom stereocenters. The van der Waals surface area contributed by atoms with Crippen LogP contribution in [0.25, 0.3) is 0 Å². The molecule has 0 saturated carbocycles. The van der Waals surface area contributed by atoms with Gasteiger partial charge in [0.2, 0.25) is 0 Å². The van der Waals surface area contributed by atoms with Crippen LogP contribution in [0.1, 0.15) is 11.1 Å². The summed E-state index contributed by atoms with van der Waals surface area (Å²) in [5.74, 6) is 0.0971. The van der Waals surface area contributed by atoms with Crippen molar-refractivity contribution in [3.05, 3.63) is 58.1 Å². The molecule has 0 aliphatic carbocycles. The Morgan fingerprint density at radius 1 is 1.20 bits per heavy atom. The highest BCUT2D eigenvalue weighted by Crippen LogP contribution is 2.21. The number of carbonyl (C=O) groups is 1. The summed E-state index contributed by atoms with van der Waals surface area (Å²) in [6.45, 7) is 0.665. The van der Waals surface area contributed by atoms with Crippen LogP contribution in [0.4, 0.5) is 23.7 Å². The van der Waals surface area contributed by atoms with Crippen molar-refractivity contribution in [1.82, 2.24) is 5.32 Å². The Kier molecular flexibility index (Phi) is 6.30. The van der Waals surface area contributed by atoms with Crippen LogP contribution >= 0.6 is 15.9 Å². The lowest BCUT2D eigenvalue weighted by Gasteiger charge is -2.12. The number of rotatable bonds is 5. The van der Waals surface area contributed by atoms with Gasteiger partial charge in [-0.15, -0.1) is 0 Å². The molecule has 0 atom stereocenters. The van der Waals surface area contributed by atoms with Crippen LogP contribution in [0.5, 0.6) is 5.75 Å². The van der Waals surface area contributed by atoms with Crippen LogP contribution in [0.3, 0.4) is 0 Å². The number of amides is 2. The molecule has 0 spiro atoms. The van der Waals surface area contributed by atoms with E-state index in [4.69, 9.17) is 0 Å². The van der Waals surface area contributed by atoms with Crippen LogP contribution in [-0.2, 0) is 6.54 Å². The topological polar surface area (TPSA) is 50.4 Å². The number of nitrogens with one attached hydrogen (secondary N) is 2. The highest BCUT2D eigenvalue weighted by Gasteiger charge is 2.28. The molecule has 0 heterocycles. The van der Waals surface area contributed by atoms with Crippen LogP contribution in [0.15, 0.2) is 46.9 Å². The van der Waals surface area contributed by atoms with E-state index < -0.39 is 18.8 Å². The number of hydrogen-bond donors (Lipinski definition) is 2. The number of halogens is 4. The molecule has 0 aromatic heterocycles. The number of urea groups is 1. The smallest absolute Gasteiger partial charge is 0.422 e. The highest BCUT2D eigenvalue weighted by molar-refractivity contribution is 9.10. The van der Waals surface area contributed by atoms with E-state index in [-0.39, 0.29) is 12.3 Å². The zero-order valence-electron chi connectivity index (χ0n) is 13.3. The van der Waals surface area contributed by atoms with E-state index in [9.17, 15) is 18.0 Å². The lowest BCUT2D eigenvalue weighted by atomic mass is 10.2. The zero-order valence-corrected chi connectivity index (χ0v) is 14.9. The first kappa shape index (κ1) is 19.1. The Bertz CT molecular complexity index is 751. The van der Waals surface area contributed by atoms with Crippen molar-refractivity contribution in [2.75, 3.05) is 11.9 Å². The maximum Gasteiger partial charge on any atom is 0.422 e. The van der Waals surface area contributed by atoms with Crippen LogP contribution in [-0.4, -0.2) is 18.8 Å². The van der Waals surface area contributed by atoms with Crippen molar-refractivity contribution in [2.45, 2.75) is 19.6 Å². The molecule has 2 rings (SSSR count). The summed E-state index contributed by atoms with van der Waals surface area (Å²) in [6, 6.07) is 11.2. The molecule has 2 amide bonds. The van der Waals surface area contributed by atoms with Gasteiger partial charge in [-0.05, 0) is 42.3 Å². The van der Waals surface area contributed by atoms with Gasteiger partial charge in [0, 0.05) is 16.7 Å². The average molecular weight is 417 g/mol. The molecule has 134 valence electrons. The van der Waals surface area contributed by atoms with Gasteiger partial charge in [0.1, 0.15) is 5.75 Å². The first-order valence-corrected chi connectivity index (χ1v) is 8.12. The van der Waals surface area contributed by atoms with Gasteiger partial charge >= 0.3 is 12.2 Å². The fourth-order valence-electron chi connectivity index (χ4n) is 1.99. The van der Waals surface area contributed by atoms with Gasteiger partial charge in [0.15, 0.2) is 6.61 Å². The van der Waals surface area contributed by atoms with Crippen molar-refractivity contribution in [3.8, 4) is 5.75 Å². The number of aryl methyl sites for hydroxylation is 1. The normalized spacial score (nSPS) is 11.1. The Morgan fingerprint density at radius 2 is 1.96 bits per heavy atom. The predicted molar refractivity (Wildman–Crippen MR) is 92.7 cm³/mol. The maximum atomic E-state index is 12.2. The molecule has 0 aliphatic rings. The molecule has 25 heavy (non-hydrogen) atoms. The fourth-order valence-corrected chi connectivity index (χ4v) is 2.35. The predicted octanol–water partition coefficient (Wildman–Crippen LogP) is 5.02. The van der Waals surface area contributed by atoms with Crippen LogP contribution < -0.4 is 15.4 Å². The second kappa shape index (κ2) is 8.24. The summed E-state index contributed by atoms with van der Waals surface area (Å²) in [6.07, 6.45) is -4.39. The van der Waals surface area contributed by atoms with Crippen molar-refractivity contribution in [3.63, 3.8) is 0 Å². The first-order chi connectivity index (χ1) is 11.7. The molecule has 0 bridgehead atoms. The molecule has 2 aromatic rings. The van der Waals surface area contributed by atoms with Crippen molar-refractivity contribution in [2.24, 2.45) is 0 Å². The lowest BCUT2D eigenvalue weighted by molar-refractivity contribution is -0.153. The summed E-state index contributed by atoms with van der Waals surface area (Å²) in [5, 5.41) is 5.37. The van der Waals surface area contributed by atoms with E-state index in [1.54, 1.807) is 18.2 Å². The zero-order chi connectivity index (χ0) is 18.4. The SMILES string of the molecule is Cc1ccc(Br)cc1NC(=O)NCc1cccc(OCC(F)(F)F)c1. The second-order valence-electron chi connectivity index (χ2n) is 5.32. The summed E-state index contributed by atoms with van der Waals surface area (Å²) >= 11 is 3.33. The van der Waals surface area contributed by atoms with E-state index in [0.717, 1.165) is 10.0 Å². The third-order valence-corrected chi connectivity index (χ3v) is 3.70. The number of ether oxygens (including phenoxy) is 1. The highest BCUT2D eigenvalue weighted by atomic mass is 79.9. The van der Waals surface area contributed by atoms with Gasteiger partial charge in [-0.3, -0.25) is 0 Å². The van der Waals surface area contributed by atoms with Crippen molar-refractivity contribution >= 4 is 27.6 Å². The fraction of sp³-hybridized carbons (Fsp3) is 0.235. The molecule has 8 heteroatoms. The standard InChI is InChI=1S/C17H16BrF3N2O2/c1-11-5-6-13(18)8-15(11)23-16(24)22-9-12-3-2-4-14(7-12)25-10-17(19,20)21/h2-8H,9-10H2,1H3,(H2,22,23,24). The monoisotopic (exact) mass is 416 g/mol. The van der Waals surface area contributed by atoms with Crippen molar-refractivity contribution < 1.29 is 22.7 Å². The number of anilines is 1. The minimum atomic E-state index is -4.39. The summed E-state index contributed by atoms with van der Waals surface area (Å²) in [7, 11) is 0. The van der Waals surface area contributed by atoms with Gasteiger partial charge in [-0.1, -0.05) is 34.1 Å². The van der Waals surface area contributed by atoms with E-state index in [1.165, 1.54) is 12.1 Å². The van der Waals surface area contributed by atoms with Crippen LogP contribution in [0.2, 0.25) is 0 Å². The second-order valence-corrected chi connectivity index (χ2v) is 6.23. The van der Waals surface area contributed by atoms with E-state index in [0.29, 0.717) is 11.3 Å². The summed E-state index contributed by atoms with van der Waals surface area (Å²) in [4.78, 5) is 12.0. The third-order valence-electron chi connectivity index (χ3n) is 3.20. The number of benzene rings is 2. The van der Waals surface area contributed by atoms with E-state index >= 15 is 0 Å².